The van der Waals surface area contributed by atoms with E-state index in [0.717, 1.165) is 41.1 Å². The first-order chi connectivity index (χ1) is 14.1. The van der Waals surface area contributed by atoms with Crippen LogP contribution in [0.4, 0.5) is 11.6 Å². The molecule has 1 aliphatic rings. The zero-order valence-corrected chi connectivity index (χ0v) is 17.5. The quantitative estimate of drug-likeness (QED) is 0.581. The van der Waals surface area contributed by atoms with E-state index in [4.69, 9.17) is 0 Å². The number of thiophene rings is 1. The van der Waals surface area contributed by atoms with Crippen molar-refractivity contribution < 1.29 is 4.79 Å². The molecule has 3 aromatic rings. The monoisotopic (exact) mass is 411 g/mol. The maximum atomic E-state index is 12.5. The Hall–Kier alpha value is -2.94. The summed E-state index contributed by atoms with van der Waals surface area (Å²) in [7, 11) is 1.79. The van der Waals surface area contributed by atoms with E-state index in [1.165, 1.54) is 12.8 Å². The molecule has 0 aromatic carbocycles. The van der Waals surface area contributed by atoms with Crippen LogP contribution in [0.25, 0.3) is 10.6 Å². The number of nitrogens with zero attached hydrogens (tertiary/aromatic N) is 5. The van der Waals surface area contributed by atoms with E-state index in [0.29, 0.717) is 18.8 Å². The smallest absolute Gasteiger partial charge is 0.269 e. The van der Waals surface area contributed by atoms with E-state index in [1.807, 2.05) is 36.6 Å². The fourth-order valence-electron chi connectivity index (χ4n) is 3.43. The van der Waals surface area contributed by atoms with Crippen LogP contribution in [0.1, 0.15) is 29.2 Å². The van der Waals surface area contributed by atoms with E-state index in [1.54, 1.807) is 23.1 Å². The van der Waals surface area contributed by atoms with E-state index < -0.39 is 0 Å². The van der Waals surface area contributed by atoms with Crippen LogP contribution in [0.2, 0.25) is 0 Å². The number of carbonyl (C=O) groups is 1. The van der Waals surface area contributed by atoms with Gasteiger partial charge in [-0.2, -0.15) is 5.10 Å². The fourth-order valence-corrected chi connectivity index (χ4v) is 4.11. The fraction of sp³-hybridized carbons (Fsp3) is 0.400. The number of anilines is 2. The predicted octanol–water partition coefficient (Wildman–Crippen LogP) is 2.69. The van der Waals surface area contributed by atoms with Gasteiger partial charge in [0.05, 0.1) is 4.88 Å². The molecule has 152 valence electrons. The van der Waals surface area contributed by atoms with Gasteiger partial charge in [0.2, 0.25) is 0 Å². The molecule has 1 fully saturated rings. The Kier molecular flexibility index (Phi) is 5.75. The van der Waals surface area contributed by atoms with Gasteiger partial charge in [0.1, 0.15) is 28.8 Å². The van der Waals surface area contributed by atoms with E-state index >= 15 is 0 Å². The highest BCUT2D eigenvalue weighted by atomic mass is 32.1. The van der Waals surface area contributed by atoms with Gasteiger partial charge in [-0.15, -0.1) is 11.3 Å². The van der Waals surface area contributed by atoms with Gasteiger partial charge in [0, 0.05) is 39.3 Å². The lowest BCUT2D eigenvalue weighted by molar-refractivity contribution is 0.0946. The molecule has 29 heavy (non-hydrogen) atoms. The molecule has 0 unspecified atom stereocenters. The van der Waals surface area contributed by atoms with E-state index in [2.05, 4.69) is 30.6 Å². The van der Waals surface area contributed by atoms with E-state index in [9.17, 15) is 4.79 Å². The molecular weight excluding hydrogens is 386 g/mol. The summed E-state index contributed by atoms with van der Waals surface area (Å²) in [4.78, 5) is 24.8. The molecule has 8 nitrogen and oxygen atoms in total. The summed E-state index contributed by atoms with van der Waals surface area (Å²) in [5.41, 5.74) is 1.36. The van der Waals surface area contributed by atoms with Gasteiger partial charge < -0.3 is 15.5 Å². The second-order valence-electron chi connectivity index (χ2n) is 7.05. The van der Waals surface area contributed by atoms with Crippen molar-refractivity contribution in [3.63, 3.8) is 0 Å². The summed E-state index contributed by atoms with van der Waals surface area (Å²) < 4.78 is 1.62. The minimum absolute atomic E-state index is 0.138. The third kappa shape index (κ3) is 4.56. The Bertz CT molecular complexity index is 977. The molecule has 0 saturated carbocycles. The first kappa shape index (κ1) is 19.4. The third-order valence-electron chi connectivity index (χ3n) is 4.86. The highest BCUT2D eigenvalue weighted by Crippen LogP contribution is 2.24. The number of rotatable bonds is 7. The minimum Gasteiger partial charge on any atom is -0.368 e. The summed E-state index contributed by atoms with van der Waals surface area (Å²) in [5.74, 6) is 2.37. The summed E-state index contributed by atoms with van der Waals surface area (Å²) in [6.07, 6.45) is 2.42. The maximum absolute atomic E-state index is 12.5. The van der Waals surface area contributed by atoms with Gasteiger partial charge in [0.15, 0.2) is 0 Å². The average molecular weight is 412 g/mol. The van der Waals surface area contributed by atoms with Crippen molar-refractivity contribution in [2.75, 3.05) is 36.4 Å². The van der Waals surface area contributed by atoms with Crippen LogP contribution < -0.4 is 15.5 Å². The normalized spacial score (nSPS) is 13.7. The minimum atomic E-state index is -0.138. The van der Waals surface area contributed by atoms with Gasteiger partial charge in [0.25, 0.3) is 5.91 Å². The van der Waals surface area contributed by atoms with Gasteiger partial charge in [-0.1, -0.05) is 6.07 Å². The third-order valence-corrected chi connectivity index (χ3v) is 5.75. The highest BCUT2D eigenvalue weighted by molar-refractivity contribution is 7.13. The second kappa shape index (κ2) is 8.60. The number of hydrogen-bond donors (Lipinski definition) is 2. The first-order valence-corrected chi connectivity index (χ1v) is 10.7. The molecule has 1 amide bonds. The molecule has 0 aliphatic carbocycles. The summed E-state index contributed by atoms with van der Waals surface area (Å²) >= 11 is 1.61. The Labute approximate surface area is 174 Å². The Morgan fingerprint density at radius 3 is 2.79 bits per heavy atom. The van der Waals surface area contributed by atoms with Crippen molar-refractivity contribution in [1.29, 1.82) is 0 Å². The summed E-state index contributed by atoms with van der Waals surface area (Å²) in [6.45, 7) is 5.06. The van der Waals surface area contributed by atoms with E-state index in [-0.39, 0.29) is 5.91 Å². The molecular formula is C20H25N7OS. The van der Waals surface area contributed by atoms with Crippen molar-refractivity contribution >= 4 is 28.9 Å². The van der Waals surface area contributed by atoms with Crippen LogP contribution in [-0.2, 0) is 7.05 Å². The van der Waals surface area contributed by atoms with Crippen LogP contribution in [0.5, 0.6) is 0 Å². The van der Waals surface area contributed by atoms with Gasteiger partial charge in [-0.05, 0) is 37.3 Å². The molecule has 3 aromatic heterocycles. The number of amides is 1. The molecule has 0 radical (unpaired) electrons. The van der Waals surface area contributed by atoms with Crippen molar-refractivity contribution in [3.8, 4) is 10.6 Å². The van der Waals surface area contributed by atoms with Crippen molar-refractivity contribution in [2.45, 2.75) is 19.8 Å². The molecule has 0 spiro atoms. The van der Waals surface area contributed by atoms with Crippen molar-refractivity contribution in [3.05, 3.63) is 41.2 Å². The topological polar surface area (TPSA) is 88.0 Å². The number of hydrogen-bond acceptors (Lipinski definition) is 7. The number of aromatic nitrogens is 4. The Balaban J connectivity index is 1.31. The molecule has 1 saturated heterocycles. The van der Waals surface area contributed by atoms with Gasteiger partial charge in [-0.25, -0.2) is 9.97 Å². The molecule has 4 rings (SSSR count). The zero-order valence-electron chi connectivity index (χ0n) is 16.7. The second-order valence-corrected chi connectivity index (χ2v) is 8.00. The first-order valence-electron chi connectivity index (χ1n) is 9.81. The van der Waals surface area contributed by atoms with Crippen LogP contribution in [-0.4, -0.2) is 51.8 Å². The SMILES string of the molecule is Cc1nc(NCCNC(=O)c2cc(-c3cccs3)nn2C)cc(N2CCCC2)n1. The van der Waals surface area contributed by atoms with Crippen LogP contribution in [0.15, 0.2) is 29.6 Å². The number of nitrogens with one attached hydrogen (secondary N) is 2. The zero-order chi connectivity index (χ0) is 20.2. The van der Waals surface area contributed by atoms with Crippen LogP contribution in [0, 0.1) is 6.92 Å². The van der Waals surface area contributed by atoms with Crippen LogP contribution >= 0.6 is 11.3 Å². The molecule has 2 N–H and O–H groups in total. The summed E-state index contributed by atoms with van der Waals surface area (Å²) in [6, 6.07) is 7.78. The highest BCUT2D eigenvalue weighted by Gasteiger charge is 2.16. The molecule has 9 heteroatoms. The molecule has 0 atom stereocenters. The lowest BCUT2D eigenvalue weighted by Gasteiger charge is -2.17. The standard InChI is InChI=1S/C20H25N7OS/c1-14-23-18(13-19(24-14)27-9-3-4-10-27)21-7-8-22-20(28)16-12-15(25-26(16)2)17-6-5-11-29-17/h5-6,11-13H,3-4,7-10H2,1-2H3,(H,22,28)(H,21,23,24). The van der Waals surface area contributed by atoms with Gasteiger partial charge in [-0.3, -0.25) is 9.48 Å². The lowest BCUT2D eigenvalue weighted by atomic mass is 10.3. The van der Waals surface area contributed by atoms with Crippen molar-refractivity contribution in [1.82, 2.24) is 25.1 Å². The average Bonchev–Trinajstić information content (AvgIpc) is 3.46. The van der Waals surface area contributed by atoms with Crippen LogP contribution in [0.3, 0.4) is 0 Å². The molecule has 4 heterocycles. The van der Waals surface area contributed by atoms with Gasteiger partial charge >= 0.3 is 0 Å². The Morgan fingerprint density at radius 2 is 2.03 bits per heavy atom. The van der Waals surface area contributed by atoms with Crippen molar-refractivity contribution in [2.24, 2.45) is 7.05 Å². The predicted molar refractivity (Wildman–Crippen MR) is 116 cm³/mol. The number of aryl methyl sites for hydroxylation is 2. The molecule has 1 aliphatic heterocycles. The Morgan fingerprint density at radius 1 is 1.21 bits per heavy atom. The number of carbonyl (C=O) groups excluding carboxylic acids is 1. The maximum Gasteiger partial charge on any atom is 0.269 e. The largest absolute Gasteiger partial charge is 0.368 e. The summed E-state index contributed by atoms with van der Waals surface area (Å²) in [5, 5.41) is 12.7. The lowest BCUT2D eigenvalue weighted by Crippen LogP contribution is -2.30. The molecule has 0 bridgehead atoms.